The van der Waals surface area contributed by atoms with Gasteiger partial charge in [0, 0.05) is 12.6 Å². The lowest BCUT2D eigenvalue weighted by Gasteiger charge is -2.11. The molecule has 0 saturated carbocycles. The number of hydrogen-bond acceptors (Lipinski definition) is 3. The van der Waals surface area contributed by atoms with E-state index >= 15 is 0 Å². The van der Waals surface area contributed by atoms with Gasteiger partial charge in [0.2, 0.25) is 0 Å². The largest absolute Gasteiger partial charge is 0.484 e. The van der Waals surface area contributed by atoms with E-state index in [9.17, 15) is 18.0 Å². The number of aliphatic hydroxyl groups is 1. The molecule has 1 atom stereocenters. The van der Waals surface area contributed by atoms with Crippen molar-refractivity contribution < 1.29 is 27.8 Å². The van der Waals surface area contributed by atoms with Crippen molar-refractivity contribution in [1.82, 2.24) is 5.32 Å². The minimum Gasteiger partial charge on any atom is -0.484 e. The molecule has 0 saturated heterocycles. The van der Waals surface area contributed by atoms with Crippen LogP contribution in [0, 0.1) is 5.82 Å². The molecule has 18 heavy (non-hydrogen) atoms. The number of hydrogen-bond donors (Lipinski definition) is 2. The van der Waals surface area contributed by atoms with Crippen LogP contribution < -0.4 is 10.1 Å². The number of carbonyl (C=O) groups is 1. The van der Waals surface area contributed by atoms with E-state index in [2.05, 4.69) is 5.32 Å². The van der Waals surface area contributed by atoms with Gasteiger partial charge in [-0.25, -0.2) is 13.2 Å². The monoisotopic (exact) mass is 263 g/mol. The van der Waals surface area contributed by atoms with E-state index in [4.69, 9.17) is 9.84 Å². The van der Waals surface area contributed by atoms with Crippen LogP contribution in [0.2, 0.25) is 0 Å². The average molecular weight is 263 g/mol. The highest BCUT2D eigenvalue weighted by Gasteiger charge is 2.17. The van der Waals surface area contributed by atoms with E-state index < -0.39 is 37.4 Å². The van der Waals surface area contributed by atoms with Crippen LogP contribution in [-0.2, 0) is 4.79 Å². The second-order valence-corrected chi connectivity index (χ2v) is 3.45. The Morgan fingerprint density at radius 2 is 2.17 bits per heavy atom. The van der Waals surface area contributed by atoms with Crippen molar-refractivity contribution >= 4 is 5.91 Å². The molecule has 1 amide bonds. The first-order chi connectivity index (χ1) is 8.49. The number of ether oxygens (including phenoxy) is 1. The molecule has 2 N–H and O–H groups in total. The maximum absolute atomic E-state index is 12.7. The SMILES string of the molecule is O=C(COc1cccc(F)c1)NCC(O)C(F)F. The Balaban J connectivity index is 2.29. The zero-order valence-corrected chi connectivity index (χ0v) is 9.28. The maximum Gasteiger partial charge on any atom is 0.265 e. The number of halogens is 3. The lowest BCUT2D eigenvalue weighted by molar-refractivity contribution is -0.124. The summed E-state index contributed by atoms with van der Waals surface area (Å²) in [6, 6.07) is 5.15. The Hall–Kier alpha value is -1.76. The molecule has 1 rings (SSSR count). The summed E-state index contributed by atoms with van der Waals surface area (Å²) in [5.74, 6) is -1.04. The Kier molecular flexibility index (Phi) is 5.44. The lowest BCUT2D eigenvalue weighted by atomic mass is 10.3. The fraction of sp³-hybridized carbons (Fsp3) is 0.364. The minimum atomic E-state index is -2.92. The van der Waals surface area contributed by atoms with Crippen LogP contribution in [0.25, 0.3) is 0 Å². The number of benzene rings is 1. The van der Waals surface area contributed by atoms with Crippen molar-refractivity contribution in [2.24, 2.45) is 0 Å². The molecular formula is C11H12F3NO3. The number of alkyl halides is 2. The number of rotatable bonds is 6. The van der Waals surface area contributed by atoms with Crippen molar-refractivity contribution in [3.63, 3.8) is 0 Å². The average Bonchev–Trinajstić information content (AvgIpc) is 2.33. The molecule has 0 aliphatic rings. The van der Waals surface area contributed by atoms with E-state index in [-0.39, 0.29) is 5.75 Å². The molecule has 1 aromatic rings. The third-order valence-electron chi connectivity index (χ3n) is 1.97. The Morgan fingerprint density at radius 3 is 2.78 bits per heavy atom. The Labute approximate surface area is 101 Å². The summed E-state index contributed by atoms with van der Waals surface area (Å²) in [5, 5.41) is 10.8. The number of amides is 1. The smallest absolute Gasteiger partial charge is 0.265 e. The summed E-state index contributed by atoms with van der Waals surface area (Å²) in [7, 11) is 0. The summed E-state index contributed by atoms with van der Waals surface area (Å²) in [6.45, 7) is -1.01. The fourth-order valence-electron chi connectivity index (χ4n) is 1.06. The van der Waals surface area contributed by atoms with Crippen LogP contribution in [0.5, 0.6) is 5.75 Å². The molecule has 1 unspecified atom stereocenters. The molecule has 0 aliphatic heterocycles. The summed E-state index contributed by atoms with van der Waals surface area (Å²) in [6.07, 6.45) is -4.84. The topological polar surface area (TPSA) is 58.6 Å². The van der Waals surface area contributed by atoms with Crippen LogP contribution in [0.1, 0.15) is 0 Å². The van der Waals surface area contributed by atoms with Crippen molar-refractivity contribution in [2.45, 2.75) is 12.5 Å². The van der Waals surface area contributed by atoms with Gasteiger partial charge in [-0.15, -0.1) is 0 Å². The van der Waals surface area contributed by atoms with Crippen LogP contribution in [0.15, 0.2) is 24.3 Å². The van der Waals surface area contributed by atoms with Gasteiger partial charge < -0.3 is 15.2 Å². The van der Waals surface area contributed by atoms with Crippen LogP contribution in [0.4, 0.5) is 13.2 Å². The highest BCUT2D eigenvalue weighted by molar-refractivity contribution is 5.77. The molecule has 100 valence electrons. The summed E-state index contributed by atoms with van der Waals surface area (Å²) >= 11 is 0. The predicted molar refractivity (Wildman–Crippen MR) is 56.9 cm³/mol. The van der Waals surface area contributed by atoms with Crippen molar-refractivity contribution in [1.29, 1.82) is 0 Å². The van der Waals surface area contributed by atoms with Gasteiger partial charge in [0.1, 0.15) is 17.7 Å². The highest BCUT2D eigenvalue weighted by Crippen LogP contribution is 2.11. The molecule has 0 spiro atoms. The van der Waals surface area contributed by atoms with Gasteiger partial charge >= 0.3 is 0 Å². The van der Waals surface area contributed by atoms with E-state index in [0.29, 0.717) is 0 Å². The van der Waals surface area contributed by atoms with Gasteiger partial charge in [0.25, 0.3) is 12.3 Å². The Bertz CT molecular complexity index is 401. The molecule has 4 nitrogen and oxygen atoms in total. The Morgan fingerprint density at radius 1 is 1.44 bits per heavy atom. The van der Waals surface area contributed by atoms with Crippen molar-refractivity contribution in [2.75, 3.05) is 13.2 Å². The zero-order chi connectivity index (χ0) is 13.5. The molecule has 1 aromatic carbocycles. The van der Waals surface area contributed by atoms with Gasteiger partial charge in [0.15, 0.2) is 6.61 Å². The van der Waals surface area contributed by atoms with E-state index in [1.807, 2.05) is 0 Å². The highest BCUT2D eigenvalue weighted by atomic mass is 19.3. The number of nitrogens with one attached hydrogen (secondary N) is 1. The van der Waals surface area contributed by atoms with E-state index in [1.54, 1.807) is 0 Å². The van der Waals surface area contributed by atoms with Crippen molar-refractivity contribution in [3.8, 4) is 5.75 Å². The first-order valence-electron chi connectivity index (χ1n) is 5.10. The maximum atomic E-state index is 12.7. The predicted octanol–water partition coefficient (Wildman–Crippen LogP) is 0.947. The second-order valence-electron chi connectivity index (χ2n) is 3.45. The molecular weight excluding hydrogens is 251 g/mol. The van der Waals surface area contributed by atoms with Crippen LogP contribution in [-0.4, -0.2) is 36.7 Å². The molecule has 0 radical (unpaired) electrons. The summed E-state index contributed by atoms with van der Waals surface area (Å²) in [5.41, 5.74) is 0. The van der Waals surface area contributed by atoms with Gasteiger partial charge in [0.05, 0.1) is 0 Å². The molecule has 0 heterocycles. The third kappa shape index (κ3) is 5.05. The lowest BCUT2D eigenvalue weighted by Crippen LogP contribution is -2.38. The minimum absolute atomic E-state index is 0.152. The number of aliphatic hydroxyl groups excluding tert-OH is 1. The first-order valence-corrected chi connectivity index (χ1v) is 5.10. The molecule has 0 aliphatic carbocycles. The molecule has 0 bridgehead atoms. The standard InChI is InChI=1S/C11H12F3NO3/c12-7-2-1-3-8(4-7)18-6-10(17)15-5-9(16)11(13)14/h1-4,9,11,16H,5-6H2,(H,15,17). The van der Waals surface area contributed by atoms with Gasteiger partial charge in [-0.3, -0.25) is 4.79 Å². The van der Waals surface area contributed by atoms with Crippen LogP contribution >= 0.6 is 0 Å². The molecule has 0 fully saturated rings. The summed E-state index contributed by atoms with van der Waals surface area (Å²) < 4.78 is 41.5. The van der Waals surface area contributed by atoms with Crippen molar-refractivity contribution in [3.05, 3.63) is 30.1 Å². The summed E-state index contributed by atoms with van der Waals surface area (Å²) in [4.78, 5) is 11.1. The van der Waals surface area contributed by atoms with Crippen LogP contribution in [0.3, 0.4) is 0 Å². The molecule has 7 heteroatoms. The van der Waals surface area contributed by atoms with E-state index in [1.165, 1.54) is 18.2 Å². The first kappa shape index (κ1) is 14.3. The normalized spacial score (nSPS) is 12.3. The second kappa shape index (κ2) is 6.85. The quantitative estimate of drug-likeness (QED) is 0.803. The van der Waals surface area contributed by atoms with Gasteiger partial charge in [-0.2, -0.15) is 0 Å². The number of carbonyl (C=O) groups excluding carboxylic acids is 1. The van der Waals surface area contributed by atoms with E-state index in [0.717, 1.165) is 6.07 Å². The zero-order valence-electron chi connectivity index (χ0n) is 9.28. The third-order valence-corrected chi connectivity index (χ3v) is 1.97. The van der Waals surface area contributed by atoms with Gasteiger partial charge in [-0.05, 0) is 12.1 Å². The molecule has 0 aromatic heterocycles. The fourth-order valence-corrected chi connectivity index (χ4v) is 1.06. The van der Waals surface area contributed by atoms with Gasteiger partial charge in [-0.1, -0.05) is 6.07 Å².